The lowest BCUT2D eigenvalue weighted by atomic mass is 9.78. The van der Waals surface area contributed by atoms with Crippen LogP contribution < -0.4 is 0 Å². The van der Waals surface area contributed by atoms with Crippen molar-refractivity contribution in [2.45, 2.75) is 12.3 Å². The van der Waals surface area contributed by atoms with E-state index < -0.39 is 5.41 Å². The Balaban J connectivity index is 2.14. The number of benzene rings is 1. The largest absolute Gasteiger partial charge is 0.468 e. The summed E-state index contributed by atoms with van der Waals surface area (Å²) in [5.74, 6) is 0.709. The Bertz CT molecular complexity index is 656. The molecule has 19 heavy (non-hydrogen) atoms. The van der Waals surface area contributed by atoms with Gasteiger partial charge in [-0.15, -0.1) is 0 Å². The van der Waals surface area contributed by atoms with Gasteiger partial charge in [0.1, 0.15) is 11.2 Å². The minimum atomic E-state index is -0.652. The van der Waals surface area contributed by atoms with E-state index >= 15 is 0 Å². The van der Waals surface area contributed by atoms with Crippen molar-refractivity contribution in [2.24, 2.45) is 7.05 Å². The molecule has 2 heterocycles. The quantitative estimate of drug-likeness (QED) is 0.764. The van der Waals surface area contributed by atoms with Crippen LogP contribution in [0.3, 0.4) is 0 Å². The van der Waals surface area contributed by atoms with E-state index in [4.69, 9.17) is 9.47 Å². The number of carbonyl (C=O) groups excluding carboxylic acids is 1. The van der Waals surface area contributed by atoms with E-state index in [2.05, 4.69) is 4.98 Å². The second-order valence-corrected chi connectivity index (χ2v) is 4.99. The average molecular weight is 260 g/mol. The fourth-order valence-corrected chi connectivity index (χ4v) is 2.51. The Labute approximate surface area is 111 Å². The van der Waals surface area contributed by atoms with Gasteiger partial charge in [0.2, 0.25) is 0 Å². The summed E-state index contributed by atoms with van der Waals surface area (Å²) in [6.45, 7) is 2.71. The Morgan fingerprint density at radius 3 is 2.79 bits per heavy atom. The molecule has 0 N–H and O–H groups in total. The zero-order valence-corrected chi connectivity index (χ0v) is 11.3. The SMILES string of the molecule is COC(=O)C1(c2ccc3nc(C)n(C)c3c2)COC1. The number of esters is 1. The van der Waals surface area contributed by atoms with Crippen LogP contribution in [-0.2, 0) is 26.7 Å². The summed E-state index contributed by atoms with van der Waals surface area (Å²) in [7, 11) is 3.38. The number of aryl methyl sites for hydroxylation is 2. The van der Waals surface area contributed by atoms with Crippen molar-refractivity contribution in [1.29, 1.82) is 0 Å². The van der Waals surface area contributed by atoms with E-state index in [1.54, 1.807) is 0 Å². The zero-order chi connectivity index (χ0) is 13.6. The Hall–Kier alpha value is -1.88. The maximum Gasteiger partial charge on any atom is 0.321 e. The molecule has 0 radical (unpaired) electrons. The lowest BCUT2D eigenvalue weighted by molar-refractivity contribution is -0.166. The molecule has 0 unspecified atom stereocenters. The molecule has 1 aromatic heterocycles. The van der Waals surface area contributed by atoms with Crippen LogP contribution in [0.5, 0.6) is 0 Å². The molecule has 3 rings (SSSR count). The normalized spacial score (nSPS) is 17.2. The second-order valence-electron chi connectivity index (χ2n) is 4.99. The van der Waals surface area contributed by atoms with Crippen LogP contribution in [0.25, 0.3) is 11.0 Å². The van der Waals surface area contributed by atoms with Gasteiger partial charge < -0.3 is 14.0 Å². The number of aromatic nitrogens is 2. The number of carbonyl (C=O) groups is 1. The van der Waals surface area contributed by atoms with Crippen molar-refractivity contribution in [3.8, 4) is 0 Å². The van der Waals surface area contributed by atoms with E-state index in [0.717, 1.165) is 22.4 Å². The molecule has 1 fully saturated rings. The Kier molecular flexibility index (Phi) is 2.60. The highest BCUT2D eigenvalue weighted by Gasteiger charge is 2.48. The molecule has 5 heteroatoms. The molecule has 5 nitrogen and oxygen atoms in total. The van der Waals surface area contributed by atoms with Crippen LogP contribution in [0.2, 0.25) is 0 Å². The highest BCUT2D eigenvalue weighted by molar-refractivity contribution is 5.87. The minimum Gasteiger partial charge on any atom is -0.468 e. The third-order valence-electron chi connectivity index (χ3n) is 3.93. The number of hydrogen-bond donors (Lipinski definition) is 0. The summed E-state index contributed by atoms with van der Waals surface area (Å²) < 4.78 is 12.2. The first-order valence-corrected chi connectivity index (χ1v) is 6.18. The topological polar surface area (TPSA) is 53.3 Å². The van der Waals surface area contributed by atoms with Crippen LogP contribution >= 0.6 is 0 Å². The van der Waals surface area contributed by atoms with Crippen molar-refractivity contribution in [1.82, 2.24) is 9.55 Å². The predicted octanol–water partition coefficient (Wildman–Crippen LogP) is 1.32. The zero-order valence-electron chi connectivity index (χ0n) is 11.3. The second kappa shape index (κ2) is 4.06. The number of imidazole rings is 1. The van der Waals surface area contributed by atoms with Crippen LogP contribution in [0.4, 0.5) is 0 Å². The highest BCUT2D eigenvalue weighted by atomic mass is 16.5. The van der Waals surface area contributed by atoms with Crippen LogP contribution in [0, 0.1) is 6.92 Å². The summed E-state index contributed by atoms with van der Waals surface area (Å²) in [6.07, 6.45) is 0. The first kappa shape index (κ1) is 12.2. The standard InChI is InChI=1S/C14H16N2O3/c1-9-15-11-5-4-10(6-12(11)16(9)2)14(7-19-8-14)13(17)18-3/h4-6H,7-8H2,1-3H3. The third kappa shape index (κ3) is 1.58. The van der Waals surface area contributed by atoms with E-state index in [0.29, 0.717) is 13.2 Å². The third-order valence-corrected chi connectivity index (χ3v) is 3.93. The molecule has 1 aliphatic rings. The van der Waals surface area contributed by atoms with Crippen LogP contribution in [-0.4, -0.2) is 35.8 Å². The number of methoxy groups -OCH3 is 1. The Morgan fingerprint density at radius 1 is 1.47 bits per heavy atom. The maximum absolute atomic E-state index is 12.0. The van der Waals surface area contributed by atoms with Crippen molar-refractivity contribution in [3.63, 3.8) is 0 Å². The molecule has 100 valence electrons. The van der Waals surface area contributed by atoms with Gasteiger partial charge in [-0.2, -0.15) is 0 Å². The number of fused-ring (bicyclic) bond motifs is 1. The number of hydrogen-bond acceptors (Lipinski definition) is 4. The van der Waals surface area contributed by atoms with Crippen LogP contribution in [0.1, 0.15) is 11.4 Å². The molecule has 1 saturated heterocycles. The van der Waals surface area contributed by atoms with Gasteiger partial charge in [0.25, 0.3) is 0 Å². The summed E-state index contributed by atoms with van der Waals surface area (Å²) in [5, 5.41) is 0. The first-order valence-electron chi connectivity index (χ1n) is 6.18. The lowest BCUT2D eigenvalue weighted by Gasteiger charge is -2.38. The maximum atomic E-state index is 12.0. The van der Waals surface area contributed by atoms with E-state index in [-0.39, 0.29) is 5.97 Å². The molecule has 1 aromatic carbocycles. The molecule has 2 aromatic rings. The van der Waals surface area contributed by atoms with Gasteiger partial charge in [0.15, 0.2) is 0 Å². The van der Waals surface area contributed by atoms with Gasteiger partial charge in [-0.25, -0.2) is 4.98 Å². The molecule has 0 saturated carbocycles. The summed E-state index contributed by atoms with van der Waals surface area (Å²) in [6, 6.07) is 5.89. The molecule has 0 amide bonds. The molecule has 0 aliphatic carbocycles. The molecule has 0 bridgehead atoms. The molecule has 0 atom stereocenters. The van der Waals surface area contributed by atoms with Gasteiger partial charge >= 0.3 is 5.97 Å². The molecule has 1 aliphatic heterocycles. The van der Waals surface area contributed by atoms with Crippen molar-refractivity contribution >= 4 is 17.0 Å². The summed E-state index contributed by atoms with van der Waals surface area (Å²) in [5.41, 5.74) is 2.23. The monoisotopic (exact) mass is 260 g/mol. The van der Waals surface area contributed by atoms with Gasteiger partial charge in [-0.05, 0) is 24.6 Å². The minimum absolute atomic E-state index is 0.239. The molecular weight excluding hydrogens is 244 g/mol. The van der Waals surface area contributed by atoms with E-state index in [1.165, 1.54) is 7.11 Å². The summed E-state index contributed by atoms with van der Waals surface area (Å²) >= 11 is 0. The molecule has 0 spiro atoms. The lowest BCUT2D eigenvalue weighted by Crippen LogP contribution is -2.53. The first-order chi connectivity index (χ1) is 9.08. The average Bonchev–Trinajstić information content (AvgIpc) is 2.64. The fraction of sp³-hybridized carbons (Fsp3) is 0.429. The smallest absolute Gasteiger partial charge is 0.321 e. The summed E-state index contributed by atoms with van der Waals surface area (Å²) in [4.78, 5) is 16.5. The van der Waals surface area contributed by atoms with Gasteiger partial charge in [-0.3, -0.25) is 4.79 Å². The fourth-order valence-electron chi connectivity index (χ4n) is 2.51. The predicted molar refractivity (Wildman–Crippen MR) is 70.0 cm³/mol. The van der Waals surface area contributed by atoms with Gasteiger partial charge in [0.05, 0.1) is 31.4 Å². The van der Waals surface area contributed by atoms with E-state index in [1.807, 2.05) is 36.7 Å². The van der Waals surface area contributed by atoms with Gasteiger partial charge in [-0.1, -0.05) is 6.07 Å². The number of nitrogens with zero attached hydrogens (tertiary/aromatic N) is 2. The Morgan fingerprint density at radius 2 is 2.21 bits per heavy atom. The number of rotatable bonds is 2. The van der Waals surface area contributed by atoms with Crippen LogP contribution in [0.15, 0.2) is 18.2 Å². The highest BCUT2D eigenvalue weighted by Crippen LogP contribution is 2.35. The number of ether oxygens (including phenoxy) is 2. The van der Waals surface area contributed by atoms with Crippen molar-refractivity contribution in [2.75, 3.05) is 20.3 Å². The van der Waals surface area contributed by atoms with Gasteiger partial charge in [0, 0.05) is 7.05 Å². The van der Waals surface area contributed by atoms with E-state index in [9.17, 15) is 4.79 Å². The molecular formula is C14H16N2O3. The van der Waals surface area contributed by atoms with Crippen molar-refractivity contribution < 1.29 is 14.3 Å². The van der Waals surface area contributed by atoms with Crippen molar-refractivity contribution in [3.05, 3.63) is 29.6 Å².